The zero-order valence-corrected chi connectivity index (χ0v) is 11.0. The zero-order valence-electron chi connectivity index (χ0n) is 11.0. The van der Waals surface area contributed by atoms with Crippen LogP contribution in [0.15, 0.2) is 60.7 Å². The number of nitrogens with one attached hydrogen (secondary N) is 1. The van der Waals surface area contributed by atoms with Gasteiger partial charge in [0.1, 0.15) is 5.82 Å². The molecular weight excluding hydrogens is 237 g/mol. The van der Waals surface area contributed by atoms with Crippen molar-refractivity contribution in [2.24, 2.45) is 0 Å². The third-order valence-electron chi connectivity index (χ3n) is 3.00. The van der Waals surface area contributed by atoms with E-state index >= 15 is 0 Å². The molecule has 0 saturated carbocycles. The van der Waals surface area contributed by atoms with Crippen molar-refractivity contribution in [1.82, 2.24) is 5.32 Å². The largest absolute Gasteiger partial charge is 0.307 e. The van der Waals surface area contributed by atoms with E-state index in [9.17, 15) is 4.39 Å². The van der Waals surface area contributed by atoms with Crippen LogP contribution in [0.4, 0.5) is 4.39 Å². The normalized spacial score (nSPS) is 12.7. The van der Waals surface area contributed by atoms with Gasteiger partial charge in [-0.1, -0.05) is 54.6 Å². The van der Waals surface area contributed by atoms with E-state index in [1.165, 1.54) is 11.6 Å². The molecule has 0 radical (unpaired) electrons. The van der Waals surface area contributed by atoms with Gasteiger partial charge in [0.25, 0.3) is 0 Å². The van der Waals surface area contributed by atoms with Crippen molar-refractivity contribution in [2.75, 3.05) is 6.54 Å². The van der Waals surface area contributed by atoms with Gasteiger partial charge in [0.05, 0.1) is 0 Å². The van der Waals surface area contributed by atoms with Gasteiger partial charge in [-0.25, -0.2) is 4.39 Å². The second-order valence-corrected chi connectivity index (χ2v) is 4.50. The Hall–Kier alpha value is -1.93. The van der Waals surface area contributed by atoms with Gasteiger partial charge in [-0.2, -0.15) is 0 Å². The molecule has 0 spiro atoms. The van der Waals surface area contributed by atoms with Crippen molar-refractivity contribution in [3.8, 4) is 0 Å². The zero-order chi connectivity index (χ0) is 13.5. The van der Waals surface area contributed by atoms with Crippen molar-refractivity contribution in [1.29, 1.82) is 0 Å². The second kappa shape index (κ2) is 6.86. The van der Waals surface area contributed by atoms with Gasteiger partial charge in [0.2, 0.25) is 0 Å². The summed E-state index contributed by atoms with van der Waals surface area (Å²) in [6, 6.07) is 17.0. The second-order valence-electron chi connectivity index (χ2n) is 4.50. The summed E-state index contributed by atoms with van der Waals surface area (Å²) in [5.74, 6) is -0.189. The first-order valence-electron chi connectivity index (χ1n) is 6.46. The van der Waals surface area contributed by atoms with Crippen LogP contribution < -0.4 is 5.32 Å². The highest BCUT2D eigenvalue weighted by Gasteiger charge is 2.03. The topological polar surface area (TPSA) is 12.0 Å². The molecular formula is C17H18FN. The monoisotopic (exact) mass is 255 g/mol. The summed E-state index contributed by atoms with van der Waals surface area (Å²) in [7, 11) is 0. The average molecular weight is 255 g/mol. The van der Waals surface area contributed by atoms with E-state index in [-0.39, 0.29) is 11.9 Å². The third-order valence-corrected chi connectivity index (χ3v) is 3.00. The van der Waals surface area contributed by atoms with Crippen molar-refractivity contribution in [2.45, 2.75) is 13.0 Å². The Bertz CT molecular complexity index is 534. The van der Waals surface area contributed by atoms with Crippen molar-refractivity contribution in [3.05, 3.63) is 77.6 Å². The quantitative estimate of drug-likeness (QED) is 0.844. The van der Waals surface area contributed by atoms with Gasteiger partial charge in [-0.15, -0.1) is 0 Å². The molecule has 98 valence electrons. The average Bonchev–Trinajstić information content (AvgIpc) is 2.44. The molecule has 0 amide bonds. The summed E-state index contributed by atoms with van der Waals surface area (Å²) in [6.45, 7) is 2.79. The number of rotatable bonds is 5. The van der Waals surface area contributed by atoms with E-state index in [2.05, 4.69) is 29.6 Å². The van der Waals surface area contributed by atoms with Crippen LogP contribution in [0.1, 0.15) is 24.1 Å². The van der Waals surface area contributed by atoms with Crippen LogP contribution in [0.25, 0.3) is 6.08 Å². The molecule has 0 aliphatic carbocycles. The molecule has 0 fully saturated rings. The number of hydrogen-bond acceptors (Lipinski definition) is 1. The lowest BCUT2D eigenvalue weighted by Gasteiger charge is -2.12. The van der Waals surface area contributed by atoms with Gasteiger partial charge in [-0.05, 0) is 30.2 Å². The predicted molar refractivity (Wildman–Crippen MR) is 78.3 cm³/mol. The number of hydrogen-bond donors (Lipinski definition) is 1. The van der Waals surface area contributed by atoms with Gasteiger partial charge >= 0.3 is 0 Å². The molecule has 1 unspecified atom stereocenters. The standard InChI is InChI=1S/C17H18FN/c1-14(16-10-5-11-17(18)13-16)19-12-6-9-15-7-3-2-4-8-15/h2-11,13-14,19H,12H2,1H3. The molecule has 1 N–H and O–H groups in total. The minimum Gasteiger partial charge on any atom is -0.307 e. The molecule has 0 aliphatic heterocycles. The van der Waals surface area contributed by atoms with Crippen LogP contribution in [-0.2, 0) is 0 Å². The lowest BCUT2D eigenvalue weighted by atomic mass is 10.1. The molecule has 0 heterocycles. The van der Waals surface area contributed by atoms with Crippen LogP contribution in [0.3, 0.4) is 0 Å². The van der Waals surface area contributed by atoms with Gasteiger partial charge in [0.15, 0.2) is 0 Å². The minimum absolute atomic E-state index is 0.135. The van der Waals surface area contributed by atoms with E-state index < -0.39 is 0 Å². The first-order valence-corrected chi connectivity index (χ1v) is 6.46. The van der Waals surface area contributed by atoms with Crippen LogP contribution >= 0.6 is 0 Å². The fourth-order valence-electron chi connectivity index (χ4n) is 1.90. The van der Waals surface area contributed by atoms with Crippen LogP contribution in [-0.4, -0.2) is 6.54 Å². The molecule has 1 nitrogen and oxygen atoms in total. The van der Waals surface area contributed by atoms with E-state index in [1.54, 1.807) is 12.1 Å². The number of benzene rings is 2. The van der Waals surface area contributed by atoms with Gasteiger partial charge in [-0.3, -0.25) is 0 Å². The Balaban J connectivity index is 1.84. The Morgan fingerprint density at radius 3 is 2.63 bits per heavy atom. The molecule has 2 aromatic carbocycles. The first-order chi connectivity index (χ1) is 9.25. The predicted octanol–water partition coefficient (Wildman–Crippen LogP) is 4.19. The van der Waals surface area contributed by atoms with Crippen LogP contribution in [0.5, 0.6) is 0 Å². The smallest absolute Gasteiger partial charge is 0.123 e. The molecule has 1 atom stereocenters. The lowest BCUT2D eigenvalue weighted by Crippen LogP contribution is -2.18. The summed E-state index contributed by atoms with van der Waals surface area (Å²) in [6.07, 6.45) is 4.15. The maximum Gasteiger partial charge on any atom is 0.123 e. The summed E-state index contributed by atoms with van der Waals surface area (Å²) in [5, 5.41) is 3.34. The van der Waals surface area contributed by atoms with E-state index in [0.29, 0.717) is 0 Å². The van der Waals surface area contributed by atoms with E-state index in [0.717, 1.165) is 12.1 Å². The van der Waals surface area contributed by atoms with E-state index in [4.69, 9.17) is 0 Å². The van der Waals surface area contributed by atoms with Crippen molar-refractivity contribution >= 4 is 6.08 Å². The molecule has 0 aromatic heterocycles. The lowest BCUT2D eigenvalue weighted by molar-refractivity contribution is 0.595. The van der Waals surface area contributed by atoms with E-state index in [1.807, 2.05) is 31.2 Å². The van der Waals surface area contributed by atoms with Crippen molar-refractivity contribution < 1.29 is 4.39 Å². The summed E-state index contributed by atoms with van der Waals surface area (Å²) in [4.78, 5) is 0. The Kier molecular flexibility index (Phi) is 4.87. The first kappa shape index (κ1) is 13.5. The Morgan fingerprint density at radius 2 is 1.89 bits per heavy atom. The highest BCUT2D eigenvalue weighted by atomic mass is 19.1. The Labute approximate surface area is 113 Å². The van der Waals surface area contributed by atoms with Gasteiger partial charge < -0.3 is 5.32 Å². The third kappa shape index (κ3) is 4.34. The maximum absolute atomic E-state index is 13.1. The summed E-state index contributed by atoms with van der Waals surface area (Å²) < 4.78 is 13.1. The molecule has 2 heteroatoms. The summed E-state index contributed by atoms with van der Waals surface area (Å²) >= 11 is 0. The fraction of sp³-hybridized carbons (Fsp3) is 0.176. The van der Waals surface area contributed by atoms with Crippen molar-refractivity contribution in [3.63, 3.8) is 0 Å². The molecule has 0 saturated heterocycles. The molecule has 2 aromatic rings. The molecule has 0 aliphatic rings. The highest BCUT2D eigenvalue weighted by Crippen LogP contribution is 2.13. The SMILES string of the molecule is CC(NCC=Cc1ccccc1)c1cccc(F)c1. The Morgan fingerprint density at radius 1 is 1.11 bits per heavy atom. The van der Waals surface area contributed by atoms with Crippen LogP contribution in [0.2, 0.25) is 0 Å². The maximum atomic E-state index is 13.1. The molecule has 2 rings (SSSR count). The molecule has 0 bridgehead atoms. The highest BCUT2D eigenvalue weighted by molar-refractivity contribution is 5.48. The minimum atomic E-state index is -0.189. The molecule has 19 heavy (non-hydrogen) atoms. The number of halogens is 1. The van der Waals surface area contributed by atoms with Crippen LogP contribution in [0, 0.1) is 5.82 Å². The van der Waals surface area contributed by atoms with Gasteiger partial charge in [0, 0.05) is 12.6 Å². The summed E-state index contributed by atoms with van der Waals surface area (Å²) in [5.41, 5.74) is 2.15. The fourth-order valence-corrected chi connectivity index (χ4v) is 1.90.